The maximum atomic E-state index is 13.1. The first-order valence-corrected chi connectivity index (χ1v) is 12.9. The van der Waals surface area contributed by atoms with Crippen molar-refractivity contribution >= 4 is 43.5 Å². The van der Waals surface area contributed by atoms with Gasteiger partial charge in [0.1, 0.15) is 0 Å². The second-order valence-corrected chi connectivity index (χ2v) is 11.2. The van der Waals surface area contributed by atoms with Crippen LogP contribution >= 0.6 is 27.5 Å². The van der Waals surface area contributed by atoms with Crippen LogP contribution in [0.4, 0.5) is 0 Å². The zero-order valence-electron chi connectivity index (χ0n) is 17.8. The number of piperidine rings is 1. The maximum absolute atomic E-state index is 13.1. The van der Waals surface area contributed by atoms with Gasteiger partial charge in [0.15, 0.2) is 0 Å². The Hall–Kier alpha value is -2.27. The Morgan fingerprint density at radius 2 is 2.03 bits per heavy atom. The quantitative estimate of drug-likeness (QED) is 0.454. The van der Waals surface area contributed by atoms with E-state index in [1.165, 1.54) is 21.3 Å². The van der Waals surface area contributed by atoms with Crippen LogP contribution in [0.1, 0.15) is 18.7 Å². The van der Waals surface area contributed by atoms with Gasteiger partial charge in [-0.15, -0.1) is 0 Å². The topological polar surface area (TPSA) is 96.6 Å². The normalized spacial score (nSPS) is 17.1. The van der Waals surface area contributed by atoms with E-state index in [-0.39, 0.29) is 23.9 Å². The highest BCUT2D eigenvalue weighted by molar-refractivity contribution is 9.10. The predicted molar refractivity (Wildman–Crippen MR) is 127 cm³/mol. The molecular weight excluding hydrogens is 532 g/mol. The summed E-state index contributed by atoms with van der Waals surface area (Å²) in [5.74, 6) is 0.138. The van der Waals surface area contributed by atoms with Gasteiger partial charge in [0.05, 0.1) is 17.4 Å². The van der Waals surface area contributed by atoms with Gasteiger partial charge in [-0.1, -0.05) is 44.8 Å². The number of aromatic nitrogens is 2. The fraction of sp³-hybridized carbons (Fsp3) is 0.318. The van der Waals surface area contributed by atoms with Gasteiger partial charge in [0.25, 0.3) is 0 Å². The largest absolute Gasteiger partial charge is 0.337 e. The lowest BCUT2D eigenvalue weighted by molar-refractivity contribution is -0.136. The van der Waals surface area contributed by atoms with Crippen LogP contribution in [0.5, 0.6) is 0 Å². The van der Waals surface area contributed by atoms with Gasteiger partial charge in [-0.2, -0.15) is 9.29 Å². The fourth-order valence-electron chi connectivity index (χ4n) is 3.77. The van der Waals surface area contributed by atoms with E-state index in [2.05, 4.69) is 26.1 Å². The Kier molecular flexibility index (Phi) is 7.18. The standard InChI is InChI=1S/C22H22BrClN4O4S/c1-27(14-20-25-21(26-32-20)15-4-2-6-17(23)12-15)22(29)16-5-3-11-28(13-16)33(30,31)19-9-7-18(24)8-10-19/h2,4,6-10,12,16H,3,5,11,13-14H2,1H3. The third-order valence-electron chi connectivity index (χ3n) is 5.48. The summed E-state index contributed by atoms with van der Waals surface area (Å²) in [6, 6.07) is 13.6. The van der Waals surface area contributed by atoms with Crippen LogP contribution in [0.3, 0.4) is 0 Å². The zero-order valence-corrected chi connectivity index (χ0v) is 21.0. The molecule has 1 aromatic heterocycles. The summed E-state index contributed by atoms with van der Waals surface area (Å²) < 4.78 is 33.6. The molecule has 0 bridgehead atoms. The molecule has 1 aliphatic heterocycles. The van der Waals surface area contributed by atoms with Crippen LogP contribution in [0, 0.1) is 5.92 Å². The SMILES string of the molecule is CN(Cc1nc(-c2cccc(Br)c2)no1)C(=O)C1CCCN(S(=O)(=O)c2ccc(Cl)cc2)C1. The number of carbonyl (C=O) groups excluding carboxylic acids is 1. The molecule has 1 unspecified atom stereocenters. The summed E-state index contributed by atoms with van der Waals surface area (Å²) in [4.78, 5) is 19.1. The Bertz CT molecular complexity index is 1250. The van der Waals surface area contributed by atoms with Crippen LogP contribution in [0.25, 0.3) is 11.4 Å². The molecule has 2 aromatic carbocycles. The van der Waals surface area contributed by atoms with Crippen LogP contribution < -0.4 is 0 Å². The average Bonchev–Trinajstić information content (AvgIpc) is 3.27. The minimum absolute atomic E-state index is 0.126. The fourth-order valence-corrected chi connectivity index (χ4v) is 5.82. The van der Waals surface area contributed by atoms with E-state index in [0.29, 0.717) is 36.1 Å². The Labute approximate surface area is 205 Å². The summed E-state index contributed by atoms with van der Waals surface area (Å²) in [7, 11) is -2.05. The second-order valence-electron chi connectivity index (χ2n) is 7.87. The Morgan fingerprint density at radius 3 is 2.76 bits per heavy atom. The van der Waals surface area contributed by atoms with Gasteiger partial charge >= 0.3 is 0 Å². The van der Waals surface area contributed by atoms with Crippen LogP contribution in [-0.4, -0.2) is 53.8 Å². The summed E-state index contributed by atoms with van der Waals surface area (Å²) in [5, 5.41) is 4.46. The predicted octanol–water partition coefficient (Wildman–Crippen LogP) is 4.21. The zero-order chi connectivity index (χ0) is 23.6. The van der Waals surface area contributed by atoms with Crippen molar-refractivity contribution in [2.75, 3.05) is 20.1 Å². The molecule has 0 N–H and O–H groups in total. The monoisotopic (exact) mass is 552 g/mol. The first-order valence-electron chi connectivity index (χ1n) is 10.3. The number of carbonyl (C=O) groups is 1. The molecule has 4 rings (SSSR count). The lowest BCUT2D eigenvalue weighted by atomic mass is 9.98. The lowest BCUT2D eigenvalue weighted by Crippen LogP contribution is -2.45. The highest BCUT2D eigenvalue weighted by Crippen LogP contribution is 2.26. The van der Waals surface area contributed by atoms with Crippen molar-refractivity contribution in [3.05, 3.63) is 63.9 Å². The van der Waals surface area contributed by atoms with Crippen molar-refractivity contribution in [3.8, 4) is 11.4 Å². The number of amides is 1. The van der Waals surface area contributed by atoms with Gasteiger partial charge in [0.2, 0.25) is 27.6 Å². The number of nitrogens with zero attached hydrogens (tertiary/aromatic N) is 4. The molecule has 0 radical (unpaired) electrons. The van der Waals surface area contributed by atoms with Gasteiger partial charge in [0, 0.05) is 35.2 Å². The maximum Gasteiger partial charge on any atom is 0.246 e. The number of rotatable bonds is 6. The molecule has 1 aliphatic rings. The van der Waals surface area contributed by atoms with Crippen LogP contribution in [0.2, 0.25) is 5.02 Å². The average molecular weight is 554 g/mol. The highest BCUT2D eigenvalue weighted by atomic mass is 79.9. The smallest absolute Gasteiger partial charge is 0.246 e. The van der Waals surface area contributed by atoms with E-state index in [0.717, 1.165) is 10.0 Å². The molecule has 33 heavy (non-hydrogen) atoms. The molecule has 0 saturated carbocycles. The van der Waals surface area contributed by atoms with E-state index in [1.807, 2.05) is 24.3 Å². The van der Waals surface area contributed by atoms with Crippen molar-refractivity contribution in [2.45, 2.75) is 24.3 Å². The Morgan fingerprint density at radius 1 is 1.27 bits per heavy atom. The Balaban J connectivity index is 1.42. The van der Waals surface area contributed by atoms with Crippen molar-refractivity contribution in [2.24, 2.45) is 5.92 Å². The van der Waals surface area contributed by atoms with E-state index in [9.17, 15) is 13.2 Å². The van der Waals surface area contributed by atoms with Gasteiger partial charge in [-0.3, -0.25) is 4.79 Å². The van der Waals surface area contributed by atoms with Crippen molar-refractivity contribution in [1.82, 2.24) is 19.3 Å². The van der Waals surface area contributed by atoms with Crippen molar-refractivity contribution in [3.63, 3.8) is 0 Å². The lowest BCUT2D eigenvalue weighted by Gasteiger charge is -2.33. The third-order valence-corrected chi connectivity index (χ3v) is 8.11. The van der Waals surface area contributed by atoms with E-state index < -0.39 is 15.9 Å². The summed E-state index contributed by atoms with van der Waals surface area (Å²) >= 11 is 9.29. The van der Waals surface area contributed by atoms with Crippen LogP contribution in [-0.2, 0) is 21.4 Å². The van der Waals surface area contributed by atoms with E-state index in [1.54, 1.807) is 19.2 Å². The van der Waals surface area contributed by atoms with Gasteiger partial charge < -0.3 is 9.42 Å². The highest BCUT2D eigenvalue weighted by Gasteiger charge is 2.34. The molecule has 0 aliphatic carbocycles. The molecule has 1 amide bonds. The second kappa shape index (κ2) is 9.92. The summed E-state index contributed by atoms with van der Waals surface area (Å²) in [6.07, 6.45) is 1.22. The molecule has 2 heterocycles. The first-order chi connectivity index (χ1) is 15.7. The summed E-state index contributed by atoms with van der Waals surface area (Å²) in [5.41, 5.74) is 0.795. The number of sulfonamides is 1. The third kappa shape index (κ3) is 5.46. The number of hydrogen-bond acceptors (Lipinski definition) is 6. The molecule has 1 fully saturated rings. The van der Waals surface area contributed by atoms with Crippen molar-refractivity contribution in [1.29, 1.82) is 0 Å². The van der Waals surface area contributed by atoms with Crippen LogP contribution in [0.15, 0.2) is 62.4 Å². The molecule has 1 saturated heterocycles. The molecule has 0 spiro atoms. The molecule has 3 aromatic rings. The summed E-state index contributed by atoms with van der Waals surface area (Å²) in [6.45, 7) is 0.639. The van der Waals surface area contributed by atoms with E-state index >= 15 is 0 Å². The number of halogens is 2. The number of benzene rings is 2. The van der Waals surface area contributed by atoms with E-state index in [4.69, 9.17) is 16.1 Å². The van der Waals surface area contributed by atoms with Gasteiger partial charge in [-0.25, -0.2) is 8.42 Å². The first kappa shape index (κ1) is 23.9. The molecule has 1 atom stereocenters. The molecule has 174 valence electrons. The molecule has 11 heteroatoms. The number of hydrogen-bond donors (Lipinski definition) is 0. The molecular formula is C22H22BrClN4O4S. The minimum atomic E-state index is -3.70. The van der Waals surface area contributed by atoms with Crippen molar-refractivity contribution < 1.29 is 17.7 Å². The van der Waals surface area contributed by atoms with Gasteiger partial charge in [-0.05, 0) is 49.2 Å². The molecule has 8 nitrogen and oxygen atoms in total. The minimum Gasteiger partial charge on any atom is -0.337 e.